The highest BCUT2D eigenvalue weighted by Gasteiger charge is 2.34. The number of carbonyl (C=O) groups is 1. The number of rotatable bonds is 8. The molecule has 0 bridgehead atoms. The average molecular weight is 517 g/mol. The Morgan fingerprint density at radius 2 is 1.47 bits per heavy atom. The lowest BCUT2D eigenvalue weighted by molar-refractivity contribution is -0.136. The topological polar surface area (TPSA) is 64.3 Å². The minimum Gasteiger partial charge on any atom is -0.478 e. The first-order valence-electron chi connectivity index (χ1n) is 11.9. The summed E-state index contributed by atoms with van der Waals surface area (Å²) in [4.78, 5) is 11.2. The summed E-state index contributed by atoms with van der Waals surface area (Å²) in [5.41, 5.74) is 3.10. The summed E-state index contributed by atoms with van der Waals surface area (Å²) in [5.74, 6) is -1.01. The van der Waals surface area contributed by atoms with Crippen LogP contribution in [-0.4, -0.2) is 20.9 Å². The van der Waals surface area contributed by atoms with Crippen LogP contribution in [0.3, 0.4) is 0 Å². The summed E-state index contributed by atoms with van der Waals surface area (Å²) in [5, 5.41) is 14.0. The summed E-state index contributed by atoms with van der Waals surface area (Å²) < 4.78 is 48.9. The van der Waals surface area contributed by atoms with E-state index in [9.17, 15) is 23.1 Å². The molecular weight excluding hydrogens is 493 g/mol. The van der Waals surface area contributed by atoms with Crippen molar-refractivity contribution in [1.82, 2.24) is 9.78 Å². The molecule has 0 aliphatic heterocycles. The second kappa shape index (κ2) is 10.5. The fraction of sp³-hybridized carbons (Fsp3) is 0.133. The third kappa shape index (κ3) is 5.45. The molecule has 0 aliphatic rings. The number of alkyl halides is 3. The lowest BCUT2D eigenvalue weighted by Crippen LogP contribution is -2.06. The van der Waals surface area contributed by atoms with Crippen molar-refractivity contribution in [2.75, 3.05) is 0 Å². The normalized spacial score (nSPS) is 11.7. The lowest BCUT2D eigenvalue weighted by Gasteiger charge is -2.11. The van der Waals surface area contributed by atoms with Gasteiger partial charge < -0.3 is 9.84 Å². The molecular formula is C30H23F3N2O3. The number of halogens is 3. The zero-order valence-corrected chi connectivity index (χ0v) is 20.2. The zero-order valence-electron chi connectivity index (χ0n) is 20.2. The second-order valence-electron chi connectivity index (χ2n) is 8.89. The number of ether oxygens (including phenoxy) is 1. The predicted octanol–water partition coefficient (Wildman–Crippen LogP) is 7.19. The molecule has 0 saturated carbocycles. The van der Waals surface area contributed by atoms with Gasteiger partial charge in [0.25, 0.3) is 0 Å². The Morgan fingerprint density at radius 1 is 0.816 bits per heavy atom. The molecule has 0 saturated heterocycles. The minimum atomic E-state index is -4.53. The minimum absolute atomic E-state index is 0.0918. The first-order valence-corrected chi connectivity index (χ1v) is 11.9. The number of hydrogen-bond donors (Lipinski definition) is 1. The van der Waals surface area contributed by atoms with Crippen molar-refractivity contribution >= 4 is 16.9 Å². The van der Waals surface area contributed by atoms with Gasteiger partial charge in [-0.1, -0.05) is 72.8 Å². The lowest BCUT2D eigenvalue weighted by atomic mass is 10.0. The van der Waals surface area contributed by atoms with Crippen molar-refractivity contribution < 1.29 is 27.8 Å². The van der Waals surface area contributed by atoms with E-state index in [1.165, 1.54) is 12.1 Å². The molecule has 0 radical (unpaired) electrons. The quantitative estimate of drug-likeness (QED) is 0.237. The van der Waals surface area contributed by atoms with Crippen molar-refractivity contribution in [2.45, 2.75) is 25.9 Å². The first-order chi connectivity index (χ1) is 18.3. The summed E-state index contributed by atoms with van der Waals surface area (Å²) in [6, 6.07) is 27.5. The highest BCUT2D eigenvalue weighted by Crippen LogP contribution is 2.38. The smallest absolute Gasteiger partial charge is 0.418 e. The summed E-state index contributed by atoms with van der Waals surface area (Å²) >= 11 is 0. The van der Waals surface area contributed by atoms with Gasteiger partial charge in [0.15, 0.2) is 0 Å². The van der Waals surface area contributed by atoms with E-state index in [0.29, 0.717) is 17.6 Å². The van der Waals surface area contributed by atoms with Crippen LogP contribution in [0.5, 0.6) is 0 Å². The Morgan fingerprint density at radius 3 is 2.18 bits per heavy atom. The Bertz CT molecular complexity index is 1590. The van der Waals surface area contributed by atoms with Crippen LogP contribution in [0, 0.1) is 0 Å². The van der Waals surface area contributed by atoms with Crippen molar-refractivity contribution in [3.05, 3.63) is 125 Å². The molecule has 5 nitrogen and oxygen atoms in total. The van der Waals surface area contributed by atoms with Gasteiger partial charge in [0, 0.05) is 10.9 Å². The number of aromatic nitrogens is 2. The second-order valence-corrected chi connectivity index (χ2v) is 8.89. The Kier molecular flexibility index (Phi) is 6.98. The van der Waals surface area contributed by atoms with Gasteiger partial charge in [0.05, 0.1) is 36.6 Å². The maximum absolute atomic E-state index is 13.8. The fourth-order valence-electron chi connectivity index (χ4n) is 4.45. The molecule has 0 unspecified atom stereocenters. The zero-order chi connectivity index (χ0) is 26.7. The third-order valence-electron chi connectivity index (χ3n) is 6.16. The van der Waals surface area contributed by atoms with E-state index in [1.54, 1.807) is 28.9 Å². The van der Waals surface area contributed by atoms with Gasteiger partial charge in [-0.25, -0.2) is 4.79 Å². The molecule has 0 spiro atoms. The maximum atomic E-state index is 13.8. The molecule has 0 aliphatic carbocycles. The monoisotopic (exact) mass is 516 g/mol. The van der Waals surface area contributed by atoms with Gasteiger partial charge >= 0.3 is 12.1 Å². The highest BCUT2D eigenvalue weighted by atomic mass is 19.4. The number of nitrogens with zero attached hydrogens (tertiary/aromatic N) is 2. The fourth-order valence-corrected chi connectivity index (χ4v) is 4.45. The number of aromatic carboxylic acids is 1. The van der Waals surface area contributed by atoms with E-state index in [-0.39, 0.29) is 24.3 Å². The largest absolute Gasteiger partial charge is 0.478 e. The number of carboxylic acids is 1. The SMILES string of the molecule is O=C(O)c1cccc(COCc2cccc(-c3c4cccc(C(F)(F)F)c4nn3Cc3ccccc3)c2)c1. The van der Waals surface area contributed by atoms with Crippen molar-refractivity contribution in [3.8, 4) is 11.3 Å². The van der Waals surface area contributed by atoms with E-state index in [2.05, 4.69) is 5.10 Å². The molecule has 0 fully saturated rings. The number of carboxylic acid groups (broad SMARTS) is 1. The molecule has 38 heavy (non-hydrogen) atoms. The molecule has 0 amide bonds. The van der Waals surface area contributed by atoms with Crippen LogP contribution >= 0.6 is 0 Å². The molecule has 1 N–H and O–H groups in total. The number of benzene rings is 4. The summed E-state index contributed by atoms with van der Waals surface area (Å²) in [6.07, 6.45) is -4.53. The Labute approximate surface area is 216 Å². The van der Waals surface area contributed by atoms with Crippen LogP contribution < -0.4 is 0 Å². The molecule has 4 aromatic carbocycles. The van der Waals surface area contributed by atoms with Crippen molar-refractivity contribution in [3.63, 3.8) is 0 Å². The predicted molar refractivity (Wildman–Crippen MR) is 138 cm³/mol. The summed E-state index contributed by atoms with van der Waals surface area (Å²) in [7, 11) is 0. The standard InChI is InChI=1S/C30H23F3N2O3/c31-30(32,33)26-14-6-13-25-27(26)34-35(17-20-7-2-1-3-8-20)28(25)23-11-4-9-21(15-23)18-38-19-22-10-5-12-24(16-22)29(36)37/h1-16H,17-19H2,(H,36,37). The molecule has 1 aromatic heterocycles. The van der Waals surface area contributed by atoms with Gasteiger partial charge in [-0.3, -0.25) is 4.68 Å². The maximum Gasteiger partial charge on any atom is 0.418 e. The van der Waals surface area contributed by atoms with Crippen molar-refractivity contribution in [1.29, 1.82) is 0 Å². The Hall–Kier alpha value is -4.43. The Balaban J connectivity index is 1.48. The van der Waals surface area contributed by atoms with E-state index in [4.69, 9.17) is 4.74 Å². The van der Waals surface area contributed by atoms with Crippen LogP contribution in [0.25, 0.3) is 22.2 Å². The number of fused-ring (bicyclic) bond motifs is 1. The van der Waals surface area contributed by atoms with Gasteiger partial charge in [-0.2, -0.15) is 18.3 Å². The first kappa shape index (κ1) is 25.2. The van der Waals surface area contributed by atoms with Crippen LogP contribution in [0.15, 0.2) is 97.1 Å². The molecule has 192 valence electrons. The van der Waals surface area contributed by atoms with Crippen LogP contribution in [0.4, 0.5) is 13.2 Å². The molecule has 1 heterocycles. The summed E-state index contributed by atoms with van der Waals surface area (Å²) in [6.45, 7) is 0.766. The van der Waals surface area contributed by atoms with Gasteiger partial charge in [0.1, 0.15) is 5.52 Å². The van der Waals surface area contributed by atoms with E-state index in [1.807, 2.05) is 54.6 Å². The molecule has 8 heteroatoms. The molecule has 5 rings (SSSR count). The third-order valence-corrected chi connectivity index (χ3v) is 6.16. The van der Waals surface area contributed by atoms with E-state index >= 15 is 0 Å². The highest BCUT2D eigenvalue weighted by molar-refractivity contribution is 5.95. The van der Waals surface area contributed by atoms with Crippen LogP contribution in [0.1, 0.15) is 32.6 Å². The van der Waals surface area contributed by atoms with Crippen molar-refractivity contribution in [2.24, 2.45) is 0 Å². The average Bonchev–Trinajstić information content (AvgIpc) is 3.27. The van der Waals surface area contributed by atoms with E-state index in [0.717, 1.165) is 28.3 Å². The van der Waals surface area contributed by atoms with Gasteiger partial charge in [-0.05, 0) is 41.0 Å². The van der Waals surface area contributed by atoms with E-state index < -0.39 is 17.7 Å². The number of hydrogen-bond acceptors (Lipinski definition) is 3. The molecule has 5 aromatic rings. The van der Waals surface area contributed by atoms with Gasteiger partial charge in [-0.15, -0.1) is 0 Å². The van der Waals surface area contributed by atoms with Gasteiger partial charge in [0.2, 0.25) is 0 Å². The van der Waals surface area contributed by atoms with Crippen LogP contribution in [-0.2, 0) is 30.7 Å². The van der Waals surface area contributed by atoms with Crippen LogP contribution in [0.2, 0.25) is 0 Å². The molecule has 0 atom stereocenters.